The first-order chi connectivity index (χ1) is 11.8. The van der Waals surface area contributed by atoms with Crippen molar-refractivity contribution in [2.24, 2.45) is 0 Å². The molecule has 1 heterocycles. The van der Waals surface area contributed by atoms with Gasteiger partial charge in [-0.25, -0.2) is 4.79 Å². The van der Waals surface area contributed by atoms with E-state index in [1.165, 1.54) is 0 Å². The van der Waals surface area contributed by atoms with Crippen LogP contribution in [0, 0.1) is 13.8 Å². The van der Waals surface area contributed by atoms with Gasteiger partial charge in [-0.2, -0.15) is 15.0 Å². The number of hydrogen-bond acceptors (Lipinski definition) is 6. The van der Waals surface area contributed by atoms with E-state index in [2.05, 4.69) is 25.6 Å². The molecule has 0 saturated heterocycles. The monoisotopic (exact) mass is 343 g/mol. The van der Waals surface area contributed by atoms with Gasteiger partial charge >= 0.3 is 6.03 Å². The Morgan fingerprint density at radius 3 is 2.12 bits per heavy atom. The van der Waals surface area contributed by atoms with Crippen LogP contribution in [0.5, 0.6) is 0 Å². The van der Waals surface area contributed by atoms with Gasteiger partial charge in [-0.3, -0.25) is 0 Å². The van der Waals surface area contributed by atoms with E-state index in [1.807, 2.05) is 60.2 Å². The number of aromatic nitrogens is 3. The largest absolute Gasteiger partial charge is 0.347 e. The molecular weight excluding hydrogens is 318 g/mol. The first kappa shape index (κ1) is 18.4. The average Bonchev–Trinajstić information content (AvgIpc) is 2.55. The molecule has 0 bridgehead atoms. The molecule has 134 valence electrons. The highest BCUT2D eigenvalue weighted by molar-refractivity contribution is 5.90. The highest BCUT2D eigenvalue weighted by atomic mass is 16.2. The van der Waals surface area contributed by atoms with Gasteiger partial charge in [-0.1, -0.05) is 17.7 Å². The quantitative estimate of drug-likeness (QED) is 0.863. The first-order valence-electron chi connectivity index (χ1n) is 7.98. The summed E-state index contributed by atoms with van der Waals surface area (Å²) in [5, 5.41) is 5.62. The molecule has 0 aliphatic carbocycles. The predicted octanol–water partition coefficient (Wildman–Crippen LogP) is 1.94. The zero-order chi connectivity index (χ0) is 18.6. The number of carbonyl (C=O) groups excluding carboxylic acids is 1. The molecule has 0 aliphatic heterocycles. The van der Waals surface area contributed by atoms with E-state index in [9.17, 15) is 4.79 Å². The Hall–Kier alpha value is -2.90. The van der Waals surface area contributed by atoms with Crippen LogP contribution in [0.15, 0.2) is 18.2 Å². The lowest BCUT2D eigenvalue weighted by molar-refractivity contribution is 0.251. The standard InChI is InChI=1S/C17H25N7O/c1-11-7-8-13(12(2)9-11)19-17(25)18-10-14-20-15(23(3)4)22-16(21-14)24(5)6/h7-9H,10H2,1-6H3,(H2,18,19,25). The number of benzene rings is 1. The molecule has 8 nitrogen and oxygen atoms in total. The maximum Gasteiger partial charge on any atom is 0.319 e. The second-order valence-electron chi connectivity index (χ2n) is 6.27. The molecule has 2 amide bonds. The zero-order valence-electron chi connectivity index (χ0n) is 15.6. The summed E-state index contributed by atoms with van der Waals surface area (Å²) in [6.45, 7) is 4.19. The van der Waals surface area contributed by atoms with Crippen LogP contribution < -0.4 is 20.4 Å². The minimum absolute atomic E-state index is 0.209. The lowest BCUT2D eigenvalue weighted by Gasteiger charge is -2.16. The molecule has 0 fully saturated rings. The summed E-state index contributed by atoms with van der Waals surface area (Å²) < 4.78 is 0. The maximum atomic E-state index is 12.1. The van der Waals surface area contributed by atoms with Gasteiger partial charge in [0.2, 0.25) is 11.9 Å². The van der Waals surface area contributed by atoms with Crippen molar-refractivity contribution in [1.82, 2.24) is 20.3 Å². The van der Waals surface area contributed by atoms with Crippen LogP contribution in [0.2, 0.25) is 0 Å². The Morgan fingerprint density at radius 2 is 1.60 bits per heavy atom. The van der Waals surface area contributed by atoms with Crippen LogP contribution in [-0.4, -0.2) is 49.2 Å². The van der Waals surface area contributed by atoms with E-state index < -0.39 is 0 Å². The van der Waals surface area contributed by atoms with Crippen LogP contribution >= 0.6 is 0 Å². The number of aryl methyl sites for hydroxylation is 2. The van der Waals surface area contributed by atoms with Crippen LogP contribution in [-0.2, 0) is 6.54 Å². The van der Waals surface area contributed by atoms with Crippen molar-refractivity contribution in [2.75, 3.05) is 43.3 Å². The van der Waals surface area contributed by atoms with E-state index in [0.29, 0.717) is 17.7 Å². The molecule has 0 atom stereocenters. The highest BCUT2D eigenvalue weighted by Gasteiger charge is 2.11. The van der Waals surface area contributed by atoms with Crippen molar-refractivity contribution in [3.8, 4) is 0 Å². The van der Waals surface area contributed by atoms with Crippen molar-refractivity contribution in [3.63, 3.8) is 0 Å². The fourth-order valence-corrected chi connectivity index (χ4v) is 2.15. The van der Waals surface area contributed by atoms with Crippen molar-refractivity contribution >= 4 is 23.6 Å². The van der Waals surface area contributed by atoms with Gasteiger partial charge < -0.3 is 20.4 Å². The van der Waals surface area contributed by atoms with Gasteiger partial charge in [0.25, 0.3) is 0 Å². The van der Waals surface area contributed by atoms with Gasteiger partial charge in [-0.05, 0) is 25.5 Å². The molecule has 8 heteroatoms. The topological polar surface area (TPSA) is 86.3 Å². The van der Waals surface area contributed by atoms with Crippen LogP contribution in [0.3, 0.4) is 0 Å². The molecule has 2 rings (SSSR count). The molecule has 2 N–H and O–H groups in total. The Labute approximate surface area is 148 Å². The van der Waals surface area contributed by atoms with Gasteiger partial charge in [0.15, 0.2) is 5.82 Å². The molecule has 0 aliphatic rings. The summed E-state index contributed by atoms with van der Waals surface area (Å²) in [6.07, 6.45) is 0. The van der Waals surface area contributed by atoms with Crippen LogP contribution in [0.1, 0.15) is 17.0 Å². The highest BCUT2D eigenvalue weighted by Crippen LogP contribution is 2.16. The Kier molecular flexibility index (Phi) is 5.74. The fraction of sp³-hybridized carbons (Fsp3) is 0.412. The number of nitrogens with one attached hydrogen (secondary N) is 2. The maximum absolute atomic E-state index is 12.1. The van der Waals surface area contributed by atoms with Crippen molar-refractivity contribution in [2.45, 2.75) is 20.4 Å². The van der Waals surface area contributed by atoms with Gasteiger partial charge in [0, 0.05) is 33.9 Å². The molecule has 0 radical (unpaired) electrons. The van der Waals surface area contributed by atoms with E-state index in [4.69, 9.17) is 0 Å². The number of hydrogen-bond donors (Lipinski definition) is 2. The lowest BCUT2D eigenvalue weighted by Crippen LogP contribution is -2.30. The number of urea groups is 1. The molecule has 1 aromatic carbocycles. The second-order valence-corrected chi connectivity index (χ2v) is 6.27. The van der Waals surface area contributed by atoms with Crippen LogP contribution in [0.25, 0.3) is 0 Å². The molecule has 0 unspecified atom stereocenters. The minimum Gasteiger partial charge on any atom is -0.347 e. The third-order valence-electron chi connectivity index (χ3n) is 3.50. The summed E-state index contributed by atoms with van der Waals surface area (Å²) in [5.74, 6) is 1.59. The summed E-state index contributed by atoms with van der Waals surface area (Å²) >= 11 is 0. The Balaban J connectivity index is 2.06. The SMILES string of the molecule is Cc1ccc(NC(=O)NCc2nc(N(C)C)nc(N(C)C)n2)c(C)c1. The molecule has 0 saturated carbocycles. The number of nitrogens with zero attached hydrogens (tertiary/aromatic N) is 5. The molecule has 25 heavy (non-hydrogen) atoms. The minimum atomic E-state index is -0.301. The van der Waals surface area contributed by atoms with Crippen molar-refractivity contribution in [3.05, 3.63) is 35.2 Å². The predicted molar refractivity (Wildman–Crippen MR) is 100 cm³/mol. The first-order valence-corrected chi connectivity index (χ1v) is 7.98. The summed E-state index contributed by atoms with van der Waals surface area (Å²) in [6, 6.07) is 5.57. The Morgan fingerprint density at radius 1 is 1.00 bits per heavy atom. The van der Waals surface area contributed by atoms with E-state index in [0.717, 1.165) is 16.8 Å². The van der Waals surface area contributed by atoms with Gasteiger partial charge in [0.1, 0.15) is 0 Å². The molecule has 0 spiro atoms. The number of amides is 2. The number of rotatable bonds is 5. The molecule has 1 aromatic heterocycles. The van der Waals surface area contributed by atoms with E-state index in [1.54, 1.807) is 9.80 Å². The smallest absolute Gasteiger partial charge is 0.319 e. The normalized spacial score (nSPS) is 10.3. The van der Waals surface area contributed by atoms with E-state index >= 15 is 0 Å². The van der Waals surface area contributed by atoms with Crippen molar-refractivity contribution < 1.29 is 4.79 Å². The second kappa shape index (κ2) is 7.78. The van der Waals surface area contributed by atoms with Crippen molar-refractivity contribution in [1.29, 1.82) is 0 Å². The third-order valence-corrected chi connectivity index (χ3v) is 3.50. The molecular formula is C17H25N7O. The Bertz CT molecular complexity index is 732. The number of anilines is 3. The fourth-order valence-electron chi connectivity index (χ4n) is 2.15. The van der Waals surface area contributed by atoms with E-state index in [-0.39, 0.29) is 12.6 Å². The third kappa shape index (κ3) is 5.03. The zero-order valence-corrected chi connectivity index (χ0v) is 15.6. The lowest BCUT2D eigenvalue weighted by atomic mass is 10.1. The van der Waals surface area contributed by atoms with Gasteiger partial charge in [0.05, 0.1) is 6.54 Å². The summed E-state index contributed by atoms with van der Waals surface area (Å²) in [7, 11) is 7.44. The van der Waals surface area contributed by atoms with Gasteiger partial charge in [-0.15, -0.1) is 0 Å². The number of carbonyl (C=O) groups is 1. The van der Waals surface area contributed by atoms with Crippen LogP contribution in [0.4, 0.5) is 22.4 Å². The molecule has 2 aromatic rings. The average molecular weight is 343 g/mol. The summed E-state index contributed by atoms with van der Waals surface area (Å²) in [4.78, 5) is 28.8. The summed E-state index contributed by atoms with van der Waals surface area (Å²) in [5.41, 5.74) is 2.95.